The van der Waals surface area contributed by atoms with Gasteiger partial charge in [0.1, 0.15) is 16.9 Å². The highest BCUT2D eigenvalue weighted by atomic mass is 35.5. The highest BCUT2D eigenvalue weighted by molar-refractivity contribution is 6.30. The zero-order valence-corrected chi connectivity index (χ0v) is 14.7. The van der Waals surface area contributed by atoms with Crippen LogP contribution in [-0.4, -0.2) is 63.0 Å². The van der Waals surface area contributed by atoms with E-state index in [1.807, 2.05) is 6.92 Å². The minimum atomic E-state index is -0.448. The number of nitrogens with zero attached hydrogens (tertiary/aromatic N) is 4. The van der Waals surface area contributed by atoms with Gasteiger partial charge < -0.3 is 18.9 Å². The van der Waals surface area contributed by atoms with Gasteiger partial charge in [0.15, 0.2) is 0 Å². The quantitative estimate of drug-likeness (QED) is 0.823. The van der Waals surface area contributed by atoms with Crippen molar-refractivity contribution in [1.82, 2.24) is 19.2 Å². The summed E-state index contributed by atoms with van der Waals surface area (Å²) in [5.74, 6) is -0.105. The monoisotopic (exact) mass is 362 g/mol. The normalized spacial score (nSPS) is 19.7. The number of halogens is 1. The molecule has 2 amide bonds. The molecule has 0 unspecified atom stereocenters. The van der Waals surface area contributed by atoms with Gasteiger partial charge in [0.25, 0.3) is 5.91 Å². The number of carbonyl (C=O) groups is 2. The number of likely N-dealkylation sites (tertiary alicyclic amines) is 1. The fourth-order valence-corrected chi connectivity index (χ4v) is 3.71. The molecule has 4 heterocycles. The van der Waals surface area contributed by atoms with Crippen LogP contribution in [0.2, 0.25) is 5.02 Å². The SMILES string of the molecule is CCN1CC2(CCN(C(=O)c3cn4cc(Cl)ccc4n3)CC2)OC1=O. The van der Waals surface area contributed by atoms with Crippen molar-refractivity contribution in [1.29, 1.82) is 0 Å². The highest BCUT2D eigenvalue weighted by Crippen LogP contribution is 2.33. The molecule has 2 aromatic rings. The Morgan fingerprint density at radius 3 is 2.76 bits per heavy atom. The first-order valence-corrected chi connectivity index (χ1v) is 8.79. The number of amides is 2. The van der Waals surface area contributed by atoms with Gasteiger partial charge in [0.2, 0.25) is 0 Å². The van der Waals surface area contributed by atoms with Crippen LogP contribution in [0, 0.1) is 0 Å². The maximum Gasteiger partial charge on any atom is 0.410 e. The highest BCUT2D eigenvalue weighted by Gasteiger charge is 2.47. The van der Waals surface area contributed by atoms with Gasteiger partial charge in [-0.15, -0.1) is 0 Å². The van der Waals surface area contributed by atoms with Crippen molar-refractivity contribution in [3.8, 4) is 0 Å². The summed E-state index contributed by atoms with van der Waals surface area (Å²) in [4.78, 5) is 32.4. The molecule has 25 heavy (non-hydrogen) atoms. The molecular formula is C17H19ClN4O3. The van der Waals surface area contributed by atoms with Crippen molar-refractivity contribution < 1.29 is 14.3 Å². The molecule has 7 nitrogen and oxygen atoms in total. The molecule has 0 aromatic carbocycles. The van der Waals surface area contributed by atoms with Gasteiger partial charge in [-0.05, 0) is 19.1 Å². The van der Waals surface area contributed by atoms with E-state index in [1.54, 1.807) is 38.7 Å². The predicted octanol–water partition coefficient (Wildman–Crippen LogP) is 2.43. The van der Waals surface area contributed by atoms with Crippen LogP contribution in [0.15, 0.2) is 24.5 Å². The lowest BCUT2D eigenvalue weighted by Crippen LogP contribution is -2.48. The Balaban J connectivity index is 1.46. The number of pyridine rings is 1. The van der Waals surface area contributed by atoms with Gasteiger partial charge in [0, 0.05) is 44.9 Å². The summed E-state index contributed by atoms with van der Waals surface area (Å²) in [6.45, 7) is 4.30. The molecule has 2 fully saturated rings. The van der Waals surface area contributed by atoms with Crippen LogP contribution in [-0.2, 0) is 4.74 Å². The maximum atomic E-state index is 12.7. The number of piperidine rings is 1. The Morgan fingerprint density at radius 2 is 2.08 bits per heavy atom. The van der Waals surface area contributed by atoms with Crippen molar-refractivity contribution in [3.05, 3.63) is 35.2 Å². The van der Waals surface area contributed by atoms with Crippen LogP contribution in [0.4, 0.5) is 4.79 Å². The van der Waals surface area contributed by atoms with Gasteiger partial charge in [0.05, 0.1) is 11.6 Å². The zero-order valence-electron chi connectivity index (χ0n) is 13.9. The van der Waals surface area contributed by atoms with Gasteiger partial charge in [-0.3, -0.25) is 4.79 Å². The maximum absolute atomic E-state index is 12.7. The third-order valence-electron chi connectivity index (χ3n) is 5.02. The second-order valence-electron chi connectivity index (χ2n) is 6.60. The van der Waals surface area contributed by atoms with E-state index in [2.05, 4.69) is 4.98 Å². The summed E-state index contributed by atoms with van der Waals surface area (Å²) in [6.07, 6.45) is 4.48. The number of likely N-dealkylation sites (N-methyl/N-ethyl adjacent to an activating group) is 1. The van der Waals surface area contributed by atoms with Crippen LogP contribution in [0.25, 0.3) is 5.65 Å². The molecule has 2 aromatic heterocycles. The molecule has 2 aliphatic rings. The third-order valence-corrected chi connectivity index (χ3v) is 5.24. The van der Waals surface area contributed by atoms with Crippen LogP contribution in [0.5, 0.6) is 0 Å². The van der Waals surface area contributed by atoms with Crippen molar-refractivity contribution >= 4 is 29.2 Å². The number of hydrogen-bond donors (Lipinski definition) is 0. The van der Waals surface area contributed by atoms with Crippen molar-refractivity contribution in [2.24, 2.45) is 0 Å². The molecule has 0 bridgehead atoms. The van der Waals surface area contributed by atoms with E-state index in [1.165, 1.54) is 0 Å². The number of aromatic nitrogens is 2. The van der Waals surface area contributed by atoms with Gasteiger partial charge in [-0.25, -0.2) is 9.78 Å². The Hall–Kier alpha value is -2.28. The predicted molar refractivity (Wildman–Crippen MR) is 91.8 cm³/mol. The van der Waals surface area contributed by atoms with E-state index in [0.717, 1.165) is 0 Å². The molecule has 0 aliphatic carbocycles. The smallest absolute Gasteiger partial charge is 0.410 e. The average molecular weight is 363 g/mol. The lowest BCUT2D eigenvalue weighted by Gasteiger charge is -2.37. The van der Waals surface area contributed by atoms with E-state index in [-0.39, 0.29) is 12.0 Å². The van der Waals surface area contributed by atoms with Crippen LogP contribution >= 0.6 is 11.6 Å². The number of rotatable bonds is 2. The van der Waals surface area contributed by atoms with E-state index < -0.39 is 5.60 Å². The lowest BCUT2D eigenvalue weighted by atomic mass is 9.91. The van der Waals surface area contributed by atoms with Gasteiger partial charge in [-0.2, -0.15) is 0 Å². The summed E-state index contributed by atoms with van der Waals surface area (Å²) in [5, 5.41) is 0.590. The summed E-state index contributed by atoms with van der Waals surface area (Å²) < 4.78 is 7.35. The molecule has 0 saturated carbocycles. The minimum Gasteiger partial charge on any atom is -0.441 e. The largest absolute Gasteiger partial charge is 0.441 e. The molecule has 8 heteroatoms. The summed E-state index contributed by atoms with van der Waals surface area (Å²) in [5.41, 5.74) is 0.636. The fourth-order valence-electron chi connectivity index (χ4n) is 3.54. The number of ether oxygens (including phenoxy) is 1. The van der Waals surface area contributed by atoms with Crippen LogP contribution < -0.4 is 0 Å². The Bertz CT molecular complexity index is 842. The van der Waals surface area contributed by atoms with E-state index >= 15 is 0 Å². The second kappa shape index (κ2) is 5.91. The minimum absolute atomic E-state index is 0.105. The molecule has 0 N–H and O–H groups in total. The first-order valence-electron chi connectivity index (χ1n) is 8.41. The zero-order chi connectivity index (χ0) is 17.6. The molecule has 4 rings (SSSR count). The van der Waals surface area contributed by atoms with Crippen molar-refractivity contribution in [3.63, 3.8) is 0 Å². The summed E-state index contributed by atoms with van der Waals surface area (Å²) in [7, 11) is 0. The molecule has 132 valence electrons. The van der Waals surface area contributed by atoms with E-state index in [9.17, 15) is 9.59 Å². The third kappa shape index (κ3) is 2.82. The molecule has 2 aliphatic heterocycles. The molecule has 2 saturated heterocycles. The Morgan fingerprint density at radius 1 is 1.32 bits per heavy atom. The lowest BCUT2D eigenvalue weighted by molar-refractivity contribution is 0.00299. The van der Waals surface area contributed by atoms with Crippen molar-refractivity contribution in [2.75, 3.05) is 26.2 Å². The second-order valence-corrected chi connectivity index (χ2v) is 7.03. The van der Waals surface area contributed by atoms with Crippen LogP contribution in [0.3, 0.4) is 0 Å². The number of carbonyl (C=O) groups excluding carboxylic acids is 2. The van der Waals surface area contributed by atoms with Crippen molar-refractivity contribution in [2.45, 2.75) is 25.4 Å². The first-order chi connectivity index (χ1) is 12.0. The van der Waals surface area contributed by atoms with Gasteiger partial charge in [-0.1, -0.05) is 11.6 Å². The average Bonchev–Trinajstić information content (AvgIpc) is 3.15. The standard InChI is InChI=1S/C17H19ClN4O3/c1-2-20-11-17(25-16(20)24)5-7-21(8-6-17)15(23)13-10-22-9-12(18)3-4-14(22)19-13/h3-4,9-10H,2,5-8,11H2,1H3. The van der Waals surface area contributed by atoms with Crippen LogP contribution in [0.1, 0.15) is 30.3 Å². The molecule has 1 spiro atoms. The van der Waals surface area contributed by atoms with E-state index in [0.29, 0.717) is 55.4 Å². The van der Waals surface area contributed by atoms with E-state index in [4.69, 9.17) is 16.3 Å². The summed E-state index contributed by atoms with van der Waals surface area (Å²) in [6, 6.07) is 3.53. The number of imidazole rings is 1. The molecule has 0 radical (unpaired) electrons. The Kier molecular flexibility index (Phi) is 3.83. The summed E-state index contributed by atoms with van der Waals surface area (Å²) >= 11 is 5.97. The number of hydrogen-bond acceptors (Lipinski definition) is 4. The fraction of sp³-hybridized carbons (Fsp3) is 0.471. The van der Waals surface area contributed by atoms with Gasteiger partial charge >= 0.3 is 6.09 Å². The Labute approximate surface area is 150 Å². The first kappa shape index (κ1) is 16.2. The topological polar surface area (TPSA) is 67.2 Å². The number of fused-ring (bicyclic) bond motifs is 1. The molecular weight excluding hydrogens is 344 g/mol. The molecule has 0 atom stereocenters.